The van der Waals surface area contributed by atoms with Gasteiger partial charge in [-0.25, -0.2) is 4.79 Å². The van der Waals surface area contributed by atoms with Crippen LogP contribution in [0, 0.1) is 0 Å². The van der Waals surface area contributed by atoms with Crippen molar-refractivity contribution in [2.24, 2.45) is 0 Å². The topological polar surface area (TPSA) is 79.9 Å². The van der Waals surface area contributed by atoms with Gasteiger partial charge >= 0.3 is 5.97 Å². The molecule has 0 fully saturated rings. The summed E-state index contributed by atoms with van der Waals surface area (Å²) in [6.07, 6.45) is 9.37. The number of rotatable bonds is 5. The number of aliphatic carboxylic acids is 1. The first-order chi connectivity index (χ1) is 12.5. The number of allylic oxidation sites excluding steroid dienone is 4. The number of carboxylic acid groups (broad SMARTS) is 1. The van der Waals surface area contributed by atoms with Crippen molar-refractivity contribution in [3.8, 4) is 5.75 Å². The van der Waals surface area contributed by atoms with Crippen LogP contribution in [0.3, 0.4) is 0 Å². The van der Waals surface area contributed by atoms with E-state index in [1.54, 1.807) is 18.2 Å². The number of carboxylic acids is 1. The minimum atomic E-state index is -1.02. The molecule has 1 aliphatic carbocycles. The largest absolute Gasteiger partial charge is 0.508 e. The van der Waals surface area contributed by atoms with Crippen LogP contribution in [0.25, 0.3) is 11.0 Å². The van der Waals surface area contributed by atoms with E-state index in [0.29, 0.717) is 5.76 Å². The highest BCUT2D eigenvalue weighted by Crippen LogP contribution is 2.40. The summed E-state index contributed by atoms with van der Waals surface area (Å²) in [5.41, 5.74) is 2.93. The van der Waals surface area contributed by atoms with Crippen LogP contribution in [0.4, 0.5) is 0 Å². The Morgan fingerprint density at radius 1 is 1.35 bits per heavy atom. The fraction of sp³-hybridized carbons (Fsp3) is 0.286. The summed E-state index contributed by atoms with van der Waals surface area (Å²) < 4.78 is 11.3. The first-order valence-corrected chi connectivity index (χ1v) is 8.57. The zero-order valence-corrected chi connectivity index (χ0v) is 14.9. The maximum absolute atomic E-state index is 10.7. The van der Waals surface area contributed by atoms with Gasteiger partial charge in [0.25, 0.3) is 0 Å². The Morgan fingerprint density at radius 2 is 2.15 bits per heavy atom. The van der Waals surface area contributed by atoms with Crippen LogP contribution >= 0.6 is 0 Å². The molecule has 1 aromatic carbocycles. The quantitative estimate of drug-likeness (QED) is 0.463. The number of carbonyl (C=O) groups is 1. The minimum Gasteiger partial charge on any atom is -0.508 e. The van der Waals surface area contributed by atoms with Gasteiger partial charge in [-0.3, -0.25) is 0 Å². The molecule has 136 valence electrons. The van der Waals surface area contributed by atoms with E-state index >= 15 is 0 Å². The lowest BCUT2D eigenvalue weighted by atomic mass is 9.86. The van der Waals surface area contributed by atoms with Gasteiger partial charge in [-0.15, -0.1) is 0 Å². The van der Waals surface area contributed by atoms with Crippen molar-refractivity contribution < 1.29 is 24.2 Å². The van der Waals surface area contributed by atoms with Crippen LogP contribution in [0.2, 0.25) is 0 Å². The average molecular weight is 354 g/mol. The van der Waals surface area contributed by atoms with Gasteiger partial charge in [-0.2, -0.15) is 0 Å². The standard InChI is InChI=1S/C21H22O5/c1-13(11-16(25-2)7-9-20(23)24)10-14-4-3-5-17-18-12-15(22)6-8-19(18)26-21(14)17/h6-12,14,22H,3-5H2,1-2H3,(H,23,24). The number of methoxy groups -OCH3 is 1. The third-order valence-electron chi connectivity index (χ3n) is 4.54. The van der Waals surface area contributed by atoms with Crippen LogP contribution < -0.4 is 0 Å². The number of ether oxygens (including phenoxy) is 1. The zero-order valence-electron chi connectivity index (χ0n) is 14.9. The van der Waals surface area contributed by atoms with Gasteiger partial charge < -0.3 is 19.4 Å². The van der Waals surface area contributed by atoms with E-state index < -0.39 is 5.97 Å². The van der Waals surface area contributed by atoms with Gasteiger partial charge in [0, 0.05) is 22.9 Å². The monoisotopic (exact) mass is 354 g/mol. The molecule has 1 heterocycles. The number of benzene rings is 1. The Morgan fingerprint density at radius 3 is 2.88 bits per heavy atom. The molecule has 0 spiro atoms. The zero-order chi connectivity index (χ0) is 18.7. The molecule has 1 aromatic heterocycles. The molecule has 3 rings (SSSR count). The average Bonchev–Trinajstić information content (AvgIpc) is 2.97. The second kappa shape index (κ2) is 7.52. The smallest absolute Gasteiger partial charge is 0.328 e. The van der Waals surface area contributed by atoms with Crippen molar-refractivity contribution in [3.05, 3.63) is 65.2 Å². The Bertz CT molecular complexity index is 914. The number of phenolic OH excluding ortho intramolecular Hbond substituents is 1. The van der Waals surface area contributed by atoms with Gasteiger partial charge in [0.15, 0.2) is 0 Å². The highest BCUT2D eigenvalue weighted by Gasteiger charge is 2.25. The van der Waals surface area contributed by atoms with Gasteiger partial charge in [0.05, 0.1) is 7.11 Å². The molecule has 1 aliphatic rings. The molecule has 2 aromatic rings. The molecule has 0 aliphatic heterocycles. The van der Waals surface area contributed by atoms with E-state index in [4.69, 9.17) is 14.3 Å². The van der Waals surface area contributed by atoms with Crippen molar-refractivity contribution in [3.63, 3.8) is 0 Å². The van der Waals surface area contributed by atoms with Crippen molar-refractivity contribution in [2.45, 2.75) is 32.1 Å². The molecule has 5 heteroatoms. The molecule has 2 N–H and O–H groups in total. The second-order valence-corrected chi connectivity index (χ2v) is 6.46. The fourth-order valence-electron chi connectivity index (χ4n) is 3.42. The highest BCUT2D eigenvalue weighted by molar-refractivity contribution is 5.84. The summed E-state index contributed by atoms with van der Waals surface area (Å²) in [6, 6.07) is 5.20. The minimum absolute atomic E-state index is 0.145. The summed E-state index contributed by atoms with van der Waals surface area (Å²) in [5, 5.41) is 19.5. The van der Waals surface area contributed by atoms with E-state index in [2.05, 4.69) is 6.08 Å². The Balaban J connectivity index is 1.92. The van der Waals surface area contributed by atoms with Crippen molar-refractivity contribution in [1.29, 1.82) is 0 Å². The number of furan rings is 1. The summed E-state index contributed by atoms with van der Waals surface area (Å²) in [5.74, 6) is 0.798. The van der Waals surface area contributed by atoms with E-state index in [0.717, 1.165) is 53.2 Å². The maximum atomic E-state index is 10.7. The van der Waals surface area contributed by atoms with Gasteiger partial charge in [0.1, 0.15) is 22.9 Å². The van der Waals surface area contributed by atoms with Crippen LogP contribution in [-0.4, -0.2) is 23.3 Å². The Labute approximate surface area is 151 Å². The van der Waals surface area contributed by atoms with Crippen molar-refractivity contribution in [2.75, 3.05) is 7.11 Å². The molecule has 0 radical (unpaired) electrons. The number of aromatic hydroxyl groups is 1. The highest BCUT2D eigenvalue weighted by atomic mass is 16.5. The number of hydrogen-bond acceptors (Lipinski definition) is 4. The molecule has 1 atom stereocenters. The van der Waals surface area contributed by atoms with Gasteiger partial charge in [-0.05, 0) is 56.5 Å². The van der Waals surface area contributed by atoms with Crippen LogP contribution in [0.1, 0.15) is 37.0 Å². The molecule has 1 unspecified atom stereocenters. The fourth-order valence-corrected chi connectivity index (χ4v) is 3.42. The molecule has 26 heavy (non-hydrogen) atoms. The predicted octanol–water partition coefficient (Wildman–Crippen LogP) is 4.68. The Kier molecular flexibility index (Phi) is 5.16. The van der Waals surface area contributed by atoms with Crippen LogP contribution in [0.15, 0.2) is 58.3 Å². The van der Waals surface area contributed by atoms with Crippen LogP contribution in [0.5, 0.6) is 5.75 Å². The number of fused-ring (bicyclic) bond motifs is 3. The van der Waals surface area contributed by atoms with E-state index in [1.807, 2.05) is 13.0 Å². The van der Waals surface area contributed by atoms with Gasteiger partial charge in [0.2, 0.25) is 0 Å². The molecule has 0 bridgehead atoms. The van der Waals surface area contributed by atoms with E-state index in [9.17, 15) is 9.90 Å². The van der Waals surface area contributed by atoms with Gasteiger partial charge in [-0.1, -0.05) is 11.6 Å². The summed E-state index contributed by atoms with van der Waals surface area (Å²) >= 11 is 0. The summed E-state index contributed by atoms with van der Waals surface area (Å²) in [7, 11) is 1.51. The van der Waals surface area contributed by atoms with Crippen molar-refractivity contribution in [1.82, 2.24) is 0 Å². The Hall–Kier alpha value is -2.95. The SMILES string of the molecule is COC(C=CC(=O)O)=CC(C)=CC1CCCc2c1oc1ccc(O)cc21. The lowest BCUT2D eigenvalue weighted by Crippen LogP contribution is -2.06. The van der Waals surface area contributed by atoms with E-state index in [1.165, 1.54) is 13.2 Å². The molecule has 0 saturated carbocycles. The first kappa shape index (κ1) is 17.9. The third kappa shape index (κ3) is 3.82. The lowest BCUT2D eigenvalue weighted by Gasteiger charge is -2.18. The van der Waals surface area contributed by atoms with Crippen molar-refractivity contribution >= 4 is 16.9 Å². The number of phenols is 1. The number of hydrogen-bond donors (Lipinski definition) is 2. The third-order valence-corrected chi connectivity index (χ3v) is 4.54. The number of aryl methyl sites for hydroxylation is 1. The second-order valence-electron chi connectivity index (χ2n) is 6.46. The summed E-state index contributed by atoms with van der Waals surface area (Å²) in [6.45, 7) is 1.95. The molecule has 5 nitrogen and oxygen atoms in total. The molecule has 0 amide bonds. The first-order valence-electron chi connectivity index (χ1n) is 8.57. The normalized spacial score (nSPS) is 18.3. The van der Waals surface area contributed by atoms with Crippen LogP contribution in [-0.2, 0) is 16.0 Å². The lowest BCUT2D eigenvalue weighted by molar-refractivity contribution is -0.131. The molecular weight excluding hydrogens is 332 g/mol. The molecule has 0 saturated heterocycles. The predicted molar refractivity (Wildman–Crippen MR) is 99.2 cm³/mol. The molecular formula is C21H22O5. The van der Waals surface area contributed by atoms with E-state index in [-0.39, 0.29) is 11.7 Å². The summed E-state index contributed by atoms with van der Waals surface area (Å²) in [4.78, 5) is 10.7. The maximum Gasteiger partial charge on any atom is 0.328 e.